The van der Waals surface area contributed by atoms with Gasteiger partial charge in [0.2, 0.25) is 0 Å². The molecule has 0 radical (unpaired) electrons. The number of carbonyl (C=O) groups excluding carboxylic acids is 1. The van der Waals surface area contributed by atoms with Crippen molar-refractivity contribution in [3.05, 3.63) is 95.1 Å². The molecule has 3 aliphatic carbocycles. The van der Waals surface area contributed by atoms with Crippen molar-refractivity contribution in [2.75, 3.05) is 7.11 Å². The first-order valence-corrected chi connectivity index (χ1v) is 13.7. The third-order valence-electron chi connectivity index (χ3n) is 9.10. The minimum Gasteiger partial charge on any atom is -0.497 e. The second kappa shape index (κ2) is 10.3. The molecular weight excluding hydrogens is 474 g/mol. The van der Waals surface area contributed by atoms with E-state index in [1.54, 1.807) is 7.11 Å². The molecule has 0 N–H and O–H groups in total. The summed E-state index contributed by atoms with van der Waals surface area (Å²) in [7, 11) is 1.68. The number of methoxy groups -OCH3 is 1. The zero-order valence-electron chi connectivity index (χ0n) is 22.2. The number of ether oxygens (including phenoxy) is 2. The lowest BCUT2D eigenvalue weighted by atomic mass is 9.55. The molecule has 2 saturated carbocycles. The Morgan fingerprint density at radius 3 is 2.47 bits per heavy atom. The Balaban J connectivity index is 1.14. The van der Waals surface area contributed by atoms with Crippen molar-refractivity contribution in [3.8, 4) is 11.5 Å². The van der Waals surface area contributed by atoms with Crippen LogP contribution in [0.5, 0.6) is 11.5 Å². The van der Waals surface area contributed by atoms with Gasteiger partial charge in [0.1, 0.15) is 30.4 Å². The van der Waals surface area contributed by atoms with Gasteiger partial charge < -0.3 is 14.3 Å². The third kappa shape index (κ3) is 4.59. The van der Waals surface area contributed by atoms with Crippen LogP contribution in [0.2, 0.25) is 0 Å². The zero-order chi connectivity index (χ0) is 26.1. The highest BCUT2D eigenvalue weighted by Crippen LogP contribution is 2.59. The van der Waals surface area contributed by atoms with E-state index in [1.165, 1.54) is 11.1 Å². The van der Waals surface area contributed by atoms with Gasteiger partial charge in [-0.3, -0.25) is 4.79 Å². The number of nitrogens with zero attached hydrogens (tertiary/aromatic N) is 1. The fourth-order valence-electron chi connectivity index (χ4n) is 6.98. The van der Waals surface area contributed by atoms with Gasteiger partial charge in [-0.05, 0) is 90.0 Å². The molecule has 6 rings (SSSR count). The molecule has 0 heterocycles. The van der Waals surface area contributed by atoms with Crippen molar-refractivity contribution in [1.29, 1.82) is 0 Å². The predicted molar refractivity (Wildman–Crippen MR) is 147 cm³/mol. The fraction of sp³-hybridized carbons (Fsp3) is 0.394. The molecule has 0 amide bonds. The molecule has 0 aromatic heterocycles. The normalized spacial score (nSPS) is 26.8. The first-order chi connectivity index (χ1) is 18.5. The van der Waals surface area contributed by atoms with Gasteiger partial charge in [0, 0.05) is 11.8 Å². The summed E-state index contributed by atoms with van der Waals surface area (Å²) in [5.41, 5.74) is 5.31. The molecule has 0 aliphatic heterocycles. The molecule has 2 fully saturated rings. The molecule has 5 heteroatoms. The van der Waals surface area contributed by atoms with Gasteiger partial charge in [0.15, 0.2) is 5.78 Å². The van der Waals surface area contributed by atoms with Crippen molar-refractivity contribution in [2.45, 2.75) is 58.2 Å². The van der Waals surface area contributed by atoms with Crippen LogP contribution in [-0.4, -0.2) is 18.6 Å². The third-order valence-corrected chi connectivity index (χ3v) is 9.10. The maximum Gasteiger partial charge on any atom is 0.186 e. The number of rotatable bonds is 7. The molecule has 0 unspecified atom stereocenters. The lowest BCUT2D eigenvalue weighted by molar-refractivity contribution is -0.125. The largest absolute Gasteiger partial charge is 0.497 e. The maximum absolute atomic E-state index is 13.5. The van der Waals surface area contributed by atoms with Gasteiger partial charge in [-0.15, -0.1) is 0 Å². The number of aryl methyl sites for hydroxylation is 1. The number of hydrogen-bond donors (Lipinski definition) is 0. The smallest absolute Gasteiger partial charge is 0.186 e. The molecule has 196 valence electrons. The highest BCUT2D eigenvalue weighted by atomic mass is 16.6. The van der Waals surface area contributed by atoms with E-state index in [0.717, 1.165) is 54.7 Å². The Morgan fingerprint density at radius 2 is 1.68 bits per heavy atom. The summed E-state index contributed by atoms with van der Waals surface area (Å²) in [6, 6.07) is 24.6. The standard InChI is InChI=1S/C33H35NO4/c1-33-17-16-28-27-15-13-26(37-20-23-8-11-25(36-2)12-9-23)18-24(27)10-14-29(28)30(33)19-31(32(33)35)34-38-21-22-6-4-3-5-7-22/h3-9,11-13,15,18,28-30H,10,14,16-17,19-21H2,1-2H3/b34-31+/t28-,29-,30+,33-/m1/s1. The van der Waals surface area contributed by atoms with E-state index >= 15 is 0 Å². The van der Waals surface area contributed by atoms with Crippen LogP contribution in [0.1, 0.15) is 60.8 Å². The van der Waals surface area contributed by atoms with E-state index in [-0.39, 0.29) is 11.2 Å². The minimum absolute atomic E-state index is 0.196. The molecule has 4 atom stereocenters. The Bertz CT molecular complexity index is 1330. The van der Waals surface area contributed by atoms with Crippen molar-refractivity contribution in [3.63, 3.8) is 0 Å². The average Bonchev–Trinajstić information content (AvgIpc) is 3.22. The van der Waals surface area contributed by atoms with E-state index < -0.39 is 0 Å². The van der Waals surface area contributed by atoms with Crippen LogP contribution in [0, 0.1) is 17.3 Å². The number of hydrogen-bond acceptors (Lipinski definition) is 5. The quantitative estimate of drug-likeness (QED) is 0.326. The van der Waals surface area contributed by atoms with Gasteiger partial charge in [-0.25, -0.2) is 0 Å². The SMILES string of the molecule is COc1ccc(COc2ccc3c(c2)CC[C@@H]2[C@@H]3CC[C@@]3(C)C(=O)/C(=N/OCc4ccccc4)C[C@@H]23)cc1. The fourth-order valence-corrected chi connectivity index (χ4v) is 6.98. The van der Waals surface area contributed by atoms with E-state index in [4.69, 9.17) is 14.3 Å². The predicted octanol–water partition coefficient (Wildman–Crippen LogP) is 6.88. The van der Waals surface area contributed by atoms with Crippen molar-refractivity contribution in [2.24, 2.45) is 22.4 Å². The number of benzene rings is 3. The van der Waals surface area contributed by atoms with Gasteiger partial charge in [-0.1, -0.05) is 60.6 Å². The number of carbonyl (C=O) groups is 1. The average molecular weight is 510 g/mol. The number of Topliss-reactive ketones (excluding diaryl/α,β-unsaturated/α-hetero) is 1. The number of oxime groups is 1. The van der Waals surface area contributed by atoms with E-state index in [1.807, 2.05) is 54.6 Å². The molecule has 0 bridgehead atoms. The van der Waals surface area contributed by atoms with Crippen LogP contribution >= 0.6 is 0 Å². The topological polar surface area (TPSA) is 57.1 Å². The Kier molecular flexibility index (Phi) is 6.69. The minimum atomic E-state index is -0.324. The highest BCUT2D eigenvalue weighted by molar-refractivity contribution is 6.43. The molecule has 3 aromatic rings. The molecule has 3 aromatic carbocycles. The Hall–Kier alpha value is -3.60. The number of fused-ring (bicyclic) bond motifs is 5. The van der Waals surface area contributed by atoms with Crippen LogP contribution in [-0.2, 0) is 29.3 Å². The zero-order valence-corrected chi connectivity index (χ0v) is 22.2. The maximum atomic E-state index is 13.5. The van der Waals surface area contributed by atoms with E-state index in [2.05, 4.69) is 30.3 Å². The van der Waals surface area contributed by atoms with Crippen molar-refractivity contribution in [1.82, 2.24) is 0 Å². The molecule has 3 aliphatic rings. The summed E-state index contributed by atoms with van der Waals surface area (Å²) in [4.78, 5) is 19.1. The summed E-state index contributed by atoms with van der Waals surface area (Å²) in [5.74, 6) is 3.28. The summed E-state index contributed by atoms with van der Waals surface area (Å²) in [5, 5.41) is 4.36. The van der Waals surface area contributed by atoms with Gasteiger partial charge >= 0.3 is 0 Å². The van der Waals surface area contributed by atoms with Gasteiger partial charge in [0.05, 0.1) is 7.11 Å². The summed E-state index contributed by atoms with van der Waals surface area (Å²) in [6.45, 7) is 3.09. The second-order valence-electron chi connectivity index (χ2n) is 11.2. The number of ketones is 1. The van der Waals surface area contributed by atoms with Crippen molar-refractivity contribution < 1.29 is 19.1 Å². The second-order valence-corrected chi connectivity index (χ2v) is 11.2. The summed E-state index contributed by atoms with van der Waals surface area (Å²) >= 11 is 0. The van der Waals surface area contributed by atoms with E-state index in [9.17, 15) is 4.79 Å². The molecule has 0 spiro atoms. The Labute approximate surface area is 224 Å². The molecule has 0 saturated heterocycles. The van der Waals surface area contributed by atoms with Crippen LogP contribution in [0.15, 0.2) is 78.0 Å². The van der Waals surface area contributed by atoms with Gasteiger partial charge in [-0.2, -0.15) is 0 Å². The summed E-state index contributed by atoms with van der Waals surface area (Å²) in [6.07, 6.45) is 4.80. The van der Waals surface area contributed by atoms with Crippen molar-refractivity contribution >= 4 is 11.5 Å². The van der Waals surface area contributed by atoms with Crippen LogP contribution in [0.3, 0.4) is 0 Å². The first kappa shape index (κ1) is 24.7. The summed E-state index contributed by atoms with van der Waals surface area (Å²) < 4.78 is 11.4. The first-order valence-electron chi connectivity index (χ1n) is 13.7. The van der Waals surface area contributed by atoms with Crippen LogP contribution < -0.4 is 9.47 Å². The monoisotopic (exact) mass is 509 g/mol. The van der Waals surface area contributed by atoms with E-state index in [0.29, 0.717) is 36.7 Å². The lowest BCUT2D eigenvalue weighted by Gasteiger charge is -2.47. The molecular formula is C33H35NO4. The lowest BCUT2D eigenvalue weighted by Crippen LogP contribution is -2.42. The van der Waals surface area contributed by atoms with Crippen LogP contribution in [0.25, 0.3) is 0 Å². The molecule has 38 heavy (non-hydrogen) atoms. The Morgan fingerprint density at radius 1 is 0.921 bits per heavy atom. The van der Waals surface area contributed by atoms with Gasteiger partial charge in [0.25, 0.3) is 0 Å². The highest BCUT2D eigenvalue weighted by Gasteiger charge is 2.57. The van der Waals surface area contributed by atoms with Crippen LogP contribution in [0.4, 0.5) is 0 Å². The molecule has 5 nitrogen and oxygen atoms in total.